The second-order valence-electron chi connectivity index (χ2n) is 12.5. The Kier molecular flexibility index (Phi) is 8.66. The smallest absolute Gasteiger partial charge is 0.320 e. The molecule has 7 rings (SSSR count). The number of fused-ring (bicyclic) bond motifs is 3. The lowest BCUT2D eigenvalue weighted by molar-refractivity contribution is 0.00514. The third-order valence-electron chi connectivity index (χ3n) is 9.67. The molecule has 3 aliphatic rings. The standard InChI is InChI=1S/C36H40F2N4O4/c1-3-28-30(38)11-10-25-16-27(46-23-44-21-24-8-5-4-6-9-24)17-32(33(25)28)41-15-12-29-31(20-41)39-35(40-34(29)43-2)45-22-36-13-7-14-42(36)19-26(37)18-36/h4-6,8-11,16-17,26H,3,7,12-15,18-23H2,1-2H3/t26-,36+/m1/s1. The number of alkyl halides is 1. The first kappa shape index (κ1) is 30.6. The molecule has 0 radical (unpaired) electrons. The zero-order valence-corrected chi connectivity index (χ0v) is 26.4. The van der Waals surface area contributed by atoms with E-state index in [-0.39, 0.29) is 24.2 Å². The average Bonchev–Trinajstić information content (AvgIpc) is 3.61. The highest BCUT2D eigenvalue weighted by Gasteiger charge is 2.49. The van der Waals surface area contributed by atoms with Crippen molar-refractivity contribution in [2.75, 3.05) is 45.0 Å². The van der Waals surface area contributed by atoms with Gasteiger partial charge in [0.25, 0.3) is 0 Å². The highest BCUT2D eigenvalue weighted by molar-refractivity contribution is 5.98. The Hall–Kier alpha value is -4.02. The number of methoxy groups -OCH3 is 1. The molecule has 4 aromatic rings. The molecule has 1 aromatic heterocycles. The molecule has 10 heteroatoms. The van der Waals surface area contributed by atoms with Crippen LogP contribution in [0.5, 0.6) is 17.6 Å². The minimum atomic E-state index is -0.834. The lowest BCUT2D eigenvalue weighted by Gasteiger charge is -2.33. The minimum Gasteiger partial charge on any atom is -0.481 e. The van der Waals surface area contributed by atoms with Gasteiger partial charge >= 0.3 is 6.01 Å². The van der Waals surface area contributed by atoms with Crippen molar-refractivity contribution >= 4 is 16.5 Å². The molecule has 0 amide bonds. The van der Waals surface area contributed by atoms with E-state index in [0.29, 0.717) is 69.3 Å². The lowest BCUT2D eigenvalue weighted by atomic mass is 9.95. The lowest BCUT2D eigenvalue weighted by Crippen LogP contribution is -2.43. The molecule has 0 spiro atoms. The second kappa shape index (κ2) is 13.0. The maximum Gasteiger partial charge on any atom is 0.320 e. The van der Waals surface area contributed by atoms with Gasteiger partial charge in [-0.3, -0.25) is 4.90 Å². The Morgan fingerprint density at radius 1 is 1.04 bits per heavy atom. The first-order valence-electron chi connectivity index (χ1n) is 16.2. The monoisotopic (exact) mass is 630 g/mol. The molecule has 0 aliphatic carbocycles. The van der Waals surface area contributed by atoms with Crippen LogP contribution in [0, 0.1) is 5.82 Å². The fourth-order valence-corrected chi connectivity index (χ4v) is 7.45. The number of nitrogens with zero attached hydrogens (tertiary/aromatic N) is 4. The molecule has 3 aromatic carbocycles. The molecular formula is C36H40F2N4O4. The maximum atomic E-state index is 15.1. The van der Waals surface area contributed by atoms with E-state index in [1.807, 2.05) is 49.4 Å². The van der Waals surface area contributed by atoms with Gasteiger partial charge < -0.3 is 23.8 Å². The fraction of sp³-hybridized carbons (Fsp3) is 0.444. The number of ether oxygens (including phenoxy) is 4. The highest BCUT2D eigenvalue weighted by Crippen LogP contribution is 2.41. The number of halogens is 2. The van der Waals surface area contributed by atoms with Gasteiger partial charge in [0.2, 0.25) is 5.88 Å². The number of aryl methyl sites for hydroxylation is 1. The molecule has 0 bridgehead atoms. The summed E-state index contributed by atoms with van der Waals surface area (Å²) < 4.78 is 53.3. The van der Waals surface area contributed by atoms with E-state index in [2.05, 4.69) is 14.8 Å². The zero-order valence-electron chi connectivity index (χ0n) is 26.4. The van der Waals surface area contributed by atoms with Crippen LogP contribution >= 0.6 is 0 Å². The van der Waals surface area contributed by atoms with Crippen LogP contribution in [0.15, 0.2) is 54.6 Å². The predicted molar refractivity (Wildman–Crippen MR) is 172 cm³/mol. The number of benzene rings is 3. The van der Waals surface area contributed by atoms with Crippen molar-refractivity contribution in [3.8, 4) is 17.6 Å². The summed E-state index contributed by atoms with van der Waals surface area (Å²) in [5, 5.41) is 1.76. The quantitative estimate of drug-likeness (QED) is 0.139. The van der Waals surface area contributed by atoms with Crippen molar-refractivity contribution in [3.63, 3.8) is 0 Å². The molecule has 8 nitrogen and oxygen atoms in total. The van der Waals surface area contributed by atoms with Crippen LogP contribution in [0.4, 0.5) is 14.5 Å². The Labute approximate surface area is 268 Å². The van der Waals surface area contributed by atoms with E-state index < -0.39 is 6.17 Å². The summed E-state index contributed by atoms with van der Waals surface area (Å²) in [6, 6.07) is 17.4. The van der Waals surface area contributed by atoms with Crippen molar-refractivity contribution in [1.82, 2.24) is 14.9 Å². The molecule has 242 valence electrons. The van der Waals surface area contributed by atoms with Gasteiger partial charge in [0.1, 0.15) is 24.3 Å². The Morgan fingerprint density at radius 2 is 1.91 bits per heavy atom. The van der Waals surface area contributed by atoms with Crippen LogP contribution in [0.2, 0.25) is 0 Å². The molecule has 0 unspecified atom stereocenters. The minimum absolute atomic E-state index is 0.0811. The van der Waals surface area contributed by atoms with E-state index in [1.54, 1.807) is 13.2 Å². The van der Waals surface area contributed by atoms with Crippen LogP contribution < -0.4 is 19.1 Å². The van der Waals surface area contributed by atoms with Crippen LogP contribution in [0.1, 0.15) is 48.6 Å². The first-order valence-corrected chi connectivity index (χ1v) is 16.2. The summed E-state index contributed by atoms with van der Waals surface area (Å²) in [5.74, 6) is 0.909. The topological polar surface area (TPSA) is 69.2 Å². The molecule has 2 atom stereocenters. The van der Waals surface area contributed by atoms with Crippen molar-refractivity contribution in [1.29, 1.82) is 0 Å². The van der Waals surface area contributed by atoms with Gasteiger partial charge in [0.05, 0.1) is 31.5 Å². The molecule has 46 heavy (non-hydrogen) atoms. The number of hydrogen-bond acceptors (Lipinski definition) is 8. The fourth-order valence-electron chi connectivity index (χ4n) is 7.45. The largest absolute Gasteiger partial charge is 0.481 e. The van der Waals surface area contributed by atoms with Gasteiger partial charge in [-0.1, -0.05) is 43.3 Å². The van der Waals surface area contributed by atoms with Gasteiger partial charge in [-0.2, -0.15) is 9.97 Å². The van der Waals surface area contributed by atoms with Crippen molar-refractivity contribution < 1.29 is 27.7 Å². The van der Waals surface area contributed by atoms with E-state index >= 15 is 4.39 Å². The zero-order chi connectivity index (χ0) is 31.7. The average molecular weight is 631 g/mol. The number of hydrogen-bond donors (Lipinski definition) is 0. The normalized spacial score (nSPS) is 21.0. The summed E-state index contributed by atoms with van der Waals surface area (Å²) in [4.78, 5) is 13.9. The molecular weight excluding hydrogens is 590 g/mol. The van der Waals surface area contributed by atoms with Gasteiger partial charge in [0.15, 0.2) is 6.79 Å². The summed E-state index contributed by atoms with van der Waals surface area (Å²) in [6.07, 6.45) is 2.77. The molecule has 2 saturated heterocycles. The van der Waals surface area contributed by atoms with Crippen LogP contribution in [-0.2, 0) is 30.7 Å². The third-order valence-corrected chi connectivity index (χ3v) is 9.67. The van der Waals surface area contributed by atoms with Crippen LogP contribution in [-0.4, -0.2) is 66.7 Å². The van der Waals surface area contributed by atoms with E-state index in [1.165, 1.54) is 6.07 Å². The summed E-state index contributed by atoms with van der Waals surface area (Å²) in [5.41, 5.74) is 4.03. The third kappa shape index (κ3) is 5.96. The van der Waals surface area contributed by atoms with Crippen molar-refractivity contribution in [2.24, 2.45) is 0 Å². The van der Waals surface area contributed by atoms with Crippen LogP contribution in [0.3, 0.4) is 0 Å². The van der Waals surface area contributed by atoms with E-state index in [0.717, 1.165) is 52.7 Å². The maximum absolute atomic E-state index is 15.1. The van der Waals surface area contributed by atoms with Gasteiger partial charge in [-0.05, 0) is 60.9 Å². The number of rotatable bonds is 11. The Balaban J connectivity index is 1.15. The molecule has 0 saturated carbocycles. The summed E-state index contributed by atoms with van der Waals surface area (Å²) >= 11 is 0. The van der Waals surface area contributed by atoms with Gasteiger partial charge in [-0.25, -0.2) is 8.78 Å². The number of aromatic nitrogens is 2. The number of anilines is 1. The summed E-state index contributed by atoms with van der Waals surface area (Å²) in [7, 11) is 1.60. The SMILES string of the molecule is CCc1c(F)ccc2cc(OCOCc3ccccc3)cc(N3CCc4c(nc(OC[C@@]56CCCN5C[C@H](F)C6)nc4OC)C3)c12. The van der Waals surface area contributed by atoms with Crippen LogP contribution in [0.25, 0.3) is 10.8 Å². The summed E-state index contributed by atoms with van der Waals surface area (Å²) in [6.45, 7) is 5.30. The van der Waals surface area contributed by atoms with Crippen molar-refractivity contribution in [3.05, 3.63) is 82.8 Å². The second-order valence-corrected chi connectivity index (χ2v) is 12.5. The first-order chi connectivity index (χ1) is 22.5. The highest BCUT2D eigenvalue weighted by atomic mass is 19.1. The van der Waals surface area contributed by atoms with E-state index in [9.17, 15) is 4.39 Å². The van der Waals surface area contributed by atoms with Gasteiger partial charge in [0, 0.05) is 42.2 Å². The van der Waals surface area contributed by atoms with Gasteiger partial charge in [-0.15, -0.1) is 0 Å². The van der Waals surface area contributed by atoms with Crippen molar-refractivity contribution in [2.45, 2.75) is 63.9 Å². The molecule has 0 N–H and O–H groups in total. The van der Waals surface area contributed by atoms with E-state index in [4.69, 9.17) is 23.9 Å². The Morgan fingerprint density at radius 3 is 2.74 bits per heavy atom. The molecule has 3 aliphatic heterocycles. The molecule has 4 heterocycles. The Bertz CT molecular complexity index is 1710. The predicted octanol–water partition coefficient (Wildman–Crippen LogP) is 6.41. The molecule has 2 fully saturated rings.